The smallest absolute Gasteiger partial charge is 0.341 e. The Morgan fingerprint density at radius 2 is 1.69 bits per heavy atom. The van der Waals surface area contributed by atoms with Crippen LogP contribution in [0.1, 0.15) is 41.3 Å². The molecule has 0 radical (unpaired) electrons. The molecule has 0 unspecified atom stereocenters. The first-order chi connectivity index (χ1) is 14.0. The van der Waals surface area contributed by atoms with Crippen LogP contribution < -0.4 is 4.90 Å². The first-order valence-electron chi connectivity index (χ1n) is 10.0. The van der Waals surface area contributed by atoms with Crippen molar-refractivity contribution in [1.82, 2.24) is 4.90 Å². The number of esters is 1. The summed E-state index contributed by atoms with van der Waals surface area (Å²) in [6, 6.07) is 15.0. The van der Waals surface area contributed by atoms with Gasteiger partial charge in [-0.05, 0) is 43.0 Å². The van der Waals surface area contributed by atoms with Crippen molar-refractivity contribution in [2.24, 2.45) is 0 Å². The van der Waals surface area contributed by atoms with Crippen LogP contribution in [0.15, 0.2) is 48.5 Å². The Hall–Kier alpha value is -3.15. The average Bonchev–Trinajstić information content (AvgIpc) is 3.18. The molecule has 2 heterocycles. The van der Waals surface area contributed by atoms with Gasteiger partial charge >= 0.3 is 5.97 Å². The Bertz CT molecular complexity index is 955. The maximum absolute atomic E-state index is 12.9. The van der Waals surface area contributed by atoms with Crippen LogP contribution in [-0.4, -0.2) is 41.9 Å². The predicted octanol–water partition coefficient (Wildman–Crippen LogP) is 2.94. The Balaban J connectivity index is 1.45. The predicted molar refractivity (Wildman–Crippen MR) is 108 cm³/mol. The van der Waals surface area contributed by atoms with Crippen molar-refractivity contribution >= 4 is 23.5 Å². The van der Waals surface area contributed by atoms with Crippen molar-refractivity contribution in [3.63, 3.8) is 0 Å². The Kier molecular flexibility index (Phi) is 5.34. The fraction of sp³-hybridized carbons (Fsp3) is 0.348. The highest BCUT2D eigenvalue weighted by molar-refractivity contribution is 6.04. The molecule has 0 aromatic heterocycles. The number of rotatable bonds is 4. The summed E-state index contributed by atoms with van der Waals surface area (Å²) in [6.07, 6.45) is 1.15. The van der Waals surface area contributed by atoms with E-state index in [0.717, 1.165) is 18.4 Å². The van der Waals surface area contributed by atoms with Crippen LogP contribution in [0.3, 0.4) is 0 Å². The van der Waals surface area contributed by atoms with Gasteiger partial charge in [-0.1, -0.05) is 36.4 Å². The molecular weight excluding hydrogens is 368 g/mol. The molecule has 2 amide bonds. The highest BCUT2D eigenvalue weighted by Gasteiger charge is 2.30. The zero-order valence-corrected chi connectivity index (χ0v) is 16.5. The largest absolute Gasteiger partial charge is 0.449 e. The quantitative estimate of drug-likeness (QED) is 0.751. The molecule has 0 N–H and O–H groups in total. The van der Waals surface area contributed by atoms with Gasteiger partial charge in [0, 0.05) is 26.1 Å². The SMILES string of the molecule is C[C@@H](OC(=O)c1ccccc1N1CCCC1=O)C(=O)N1CCc2ccccc2C1. The molecule has 2 aliphatic rings. The number of hydrogen-bond donors (Lipinski definition) is 0. The summed E-state index contributed by atoms with van der Waals surface area (Å²) in [5, 5.41) is 0. The number of fused-ring (bicyclic) bond motifs is 1. The van der Waals surface area contributed by atoms with Crippen molar-refractivity contribution in [1.29, 1.82) is 0 Å². The molecule has 29 heavy (non-hydrogen) atoms. The van der Waals surface area contributed by atoms with Crippen LogP contribution in [0.2, 0.25) is 0 Å². The van der Waals surface area contributed by atoms with Gasteiger partial charge in [-0.25, -0.2) is 4.79 Å². The second-order valence-corrected chi connectivity index (χ2v) is 7.49. The topological polar surface area (TPSA) is 66.9 Å². The van der Waals surface area contributed by atoms with Gasteiger partial charge in [0.15, 0.2) is 6.10 Å². The van der Waals surface area contributed by atoms with Crippen LogP contribution in [0.25, 0.3) is 0 Å². The van der Waals surface area contributed by atoms with Gasteiger partial charge in [-0.3, -0.25) is 9.59 Å². The zero-order valence-electron chi connectivity index (χ0n) is 16.5. The van der Waals surface area contributed by atoms with E-state index in [2.05, 4.69) is 6.07 Å². The molecule has 2 aromatic carbocycles. The standard InChI is InChI=1S/C23H24N2O4/c1-16(22(27)24-14-12-17-7-2-3-8-18(17)15-24)29-23(28)19-9-4-5-10-20(19)25-13-6-11-21(25)26/h2-5,7-10,16H,6,11-15H2,1H3/t16-/m1/s1. The molecule has 0 aliphatic carbocycles. The Morgan fingerprint density at radius 1 is 0.966 bits per heavy atom. The summed E-state index contributed by atoms with van der Waals surface area (Å²) in [5.41, 5.74) is 3.24. The van der Waals surface area contributed by atoms with Crippen molar-refractivity contribution < 1.29 is 19.1 Å². The summed E-state index contributed by atoms with van der Waals surface area (Å²) >= 11 is 0. The van der Waals surface area contributed by atoms with Crippen LogP contribution in [0.4, 0.5) is 5.69 Å². The summed E-state index contributed by atoms with van der Waals surface area (Å²) in [7, 11) is 0. The van der Waals surface area contributed by atoms with Gasteiger partial charge in [0.05, 0.1) is 11.3 Å². The molecule has 0 spiro atoms. The molecule has 4 rings (SSSR count). The number of carbonyl (C=O) groups is 3. The number of carbonyl (C=O) groups excluding carboxylic acids is 3. The van der Waals surface area contributed by atoms with Crippen molar-refractivity contribution in [3.8, 4) is 0 Å². The van der Waals surface area contributed by atoms with Crippen molar-refractivity contribution in [2.75, 3.05) is 18.0 Å². The zero-order chi connectivity index (χ0) is 20.4. The minimum Gasteiger partial charge on any atom is -0.449 e. The maximum atomic E-state index is 12.9. The number of anilines is 1. The van der Waals surface area contributed by atoms with Crippen LogP contribution in [-0.2, 0) is 27.3 Å². The van der Waals surface area contributed by atoms with Gasteiger partial charge in [-0.2, -0.15) is 0 Å². The third-order valence-corrected chi connectivity index (χ3v) is 5.56. The second-order valence-electron chi connectivity index (χ2n) is 7.49. The van der Waals surface area contributed by atoms with E-state index < -0.39 is 12.1 Å². The van der Waals surface area contributed by atoms with E-state index in [-0.39, 0.29) is 11.8 Å². The first-order valence-corrected chi connectivity index (χ1v) is 10.0. The summed E-state index contributed by atoms with van der Waals surface area (Å²) in [4.78, 5) is 41.1. The van der Waals surface area contributed by atoms with E-state index in [9.17, 15) is 14.4 Å². The molecule has 2 aliphatic heterocycles. The first kappa shape index (κ1) is 19.2. The molecule has 0 saturated carbocycles. The van der Waals surface area contributed by atoms with Crippen LogP contribution in [0.5, 0.6) is 0 Å². The number of benzene rings is 2. The van der Waals surface area contributed by atoms with E-state index in [1.165, 1.54) is 5.56 Å². The van der Waals surface area contributed by atoms with Crippen molar-refractivity contribution in [2.45, 2.75) is 38.8 Å². The molecule has 6 heteroatoms. The van der Waals surface area contributed by atoms with Gasteiger partial charge in [-0.15, -0.1) is 0 Å². The fourth-order valence-corrected chi connectivity index (χ4v) is 4.00. The normalized spacial score (nSPS) is 17.1. The Morgan fingerprint density at radius 3 is 2.45 bits per heavy atom. The lowest BCUT2D eigenvalue weighted by atomic mass is 9.99. The molecule has 0 bridgehead atoms. The molecule has 1 saturated heterocycles. The number of ether oxygens (including phenoxy) is 1. The highest BCUT2D eigenvalue weighted by Crippen LogP contribution is 2.26. The van der Waals surface area contributed by atoms with Crippen LogP contribution in [0, 0.1) is 0 Å². The van der Waals surface area contributed by atoms with E-state index in [0.29, 0.717) is 37.3 Å². The van der Waals surface area contributed by atoms with Gasteiger partial charge in [0.1, 0.15) is 0 Å². The van der Waals surface area contributed by atoms with Gasteiger partial charge in [0.25, 0.3) is 5.91 Å². The lowest BCUT2D eigenvalue weighted by Gasteiger charge is -2.30. The maximum Gasteiger partial charge on any atom is 0.341 e. The average molecular weight is 392 g/mol. The molecule has 1 atom stereocenters. The third kappa shape index (κ3) is 3.88. The van der Waals surface area contributed by atoms with E-state index in [1.54, 1.807) is 41.0 Å². The summed E-state index contributed by atoms with van der Waals surface area (Å²) in [5.74, 6) is -0.789. The number of nitrogens with zero attached hydrogens (tertiary/aromatic N) is 2. The number of amides is 2. The third-order valence-electron chi connectivity index (χ3n) is 5.56. The van der Waals surface area contributed by atoms with Crippen molar-refractivity contribution in [3.05, 3.63) is 65.2 Å². The second kappa shape index (κ2) is 8.07. The van der Waals surface area contributed by atoms with E-state index in [1.807, 2.05) is 18.2 Å². The van der Waals surface area contributed by atoms with E-state index in [4.69, 9.17) is 4.74 Å². The molecular formula is C23H24N2O4. The monoisotopic (exact) mass is 392 g/mol. The lowest BCUT2D eigenvalue weighted by molar-refractivity contribution is -0.140. The molecule has 150 valence electrons. The fourth-order valence-electron chi connectivity index (χ4n) is 4.00. The molecule has 2 aromatic rings. The highest BCUT2D eigenvalue weighted by atomic mass is 16.5. The lowest BCUT2D eigenvalue weighted by Crippen LogP contribution is -2.42. The molecule has 6 nitrogen and oxygen atoms in total. The number of para-hydroxylation sites is 1. The summed E-state index contributed by atoms with van der Waals surface area (Å²) < 4.78 is 5.51. The summed E-state index contributed by atoms with van der Waals surface area (Å²) in [6.45, 7) is 3.32. The minimum atomic E-state index is -0.893. The molecule has 1 fully saturated rings. The van der Waals surface area contributed by atoms with E-state index >= 15 is 0 Å². The minimum absolute atomic E-state index is 0.00126. The van der Waals surface area contributed by atoms with Crippen LogP contribution >= 0.6 is 0 Å². The Labute approximate surface area is 170 Å². The van der Waals surface area contributed by atoms with Gasteiger partial charge < -0.3 is 14.5 Å². The van der Waals surface area contributed by atoms with Gasteiger partial charge in [0.2, 0.25) is 5.91 Å². The number of hydrogen-bond acceptors (Lipinski definition) is 4.